The number of rotatable bonds is 17. The van der Waals surface area contributed by atoms with Crippen LogP contribution >= 0.6 is 0 Å². The quantitative estimate of drug-likeness (QED) is 0.235. The Labute approximate surface area is 251 Å². The number of benzene rings is 2. The van der Waals surface area contributed by atoms with Crippen LogP contribution in [-0.4, -0.2) is 52.3 Å². The second kappa shape index (κ2) is 15.9. The van der Waals surface area contributed by atoms with E-state index in [0.717, 1.165) is 5.56 Å². The fraction of sp³-hybridized carbons (Fsp3) is 0.455. The van der Waals surface area contributed by atoms with Crippen molar-refractivity contribution in [3.63, 3.8) is 0 Å². The summed E-state index contributed by atoms with van der Waals surface area (Å²) in [6.45, 7) is 7.63. The van der Waals surface area contributed by atoms with Gasteiger partial charge in [-0.25, -0.2) is 4.39 Å². The minimum absolute atomic E-state index is 0.101. The highest BCUT2D eigenvalue weighted by atomic mass is 19.1. The average molecular weight is 597 g/mol. The number of carbonyl (C=O) groups is 6. The van der Waals surface area contributed by atoms with Crippen molar-refractivity contribution in [2.45, 2.75) is 78.8 Å². The van der Waals surface area contributed by atoms with Crippen LogP contribution in [0.15, 0.2) is 54.6 Å². The van der Waals surface area contributed by atoms with Gasteiger partial charge in [0.2, 0.25) is 11.7 Å². The van der Waals surface area contributed by atoms with Gasteiger partial charge in [0.1, 0.15) is 11.6 Å². The number of hydrogen-bond donors (Lipinski definition) is 3. The molecule has 2 aromatic carbocycles. The van der Waals surface area contributed by atoms with Crippen molar-refractivity contribution in [3.05, 3.63) is 71.5 Å². The second-order valence-corrected chi connectivity index (χ2v) is 11.7. The fourth-order valence-electron chi connectivity index (χ4n) is 4.54. The number of carbonyl (C=O) groups excluding carboxylic acids is 5. The molecule has 0 aliphatic rings. The van der Waals surface area contributed by atoms with Gasteiger partial charge in [0, 0.05) is 25.2 Å². The number of aliphatic carboxylic acids is 1. The molecule has 0 heterocycles. The van der Waals surface area contributed by atoms with Crippen molar-refractivity contribution < 1.29 is 38.3 Å². The Balaban J connectivity index is 2.15. The van der Waals surface area contributed by atoms with E-state index in [1.165, 1.54) is 45.0 Å². The van der Waals surface area contributed by atoms with Crippen LogP contribution in [0.2, 0.25) is 0 Å². The van der Waals surface area contributed by atoms with E-state index in [4.69, 9.17) is 0 Å². The molecular weight excluding hydrogens is 555 g/mol. The van der Waals surface area contributed by atoms with Crippen LogP contribution in [0, 0.1) is 23.1 Å². The monoisotopic (exact) mass is 596 g/mol. The molecule has 4 atom stereocenters. The van der Waals surface area contributed by atoms with Crippen molar-refractivity contribution >= 4 is 35.1 Å². The van der Waals surface area contributed by atoms with Gasteiger partial charge in [-0.15, -0.1) is 0 Å². The molecule has 0 saturated heterocycles. The summed E-state index contributed by atoms with van der Waals surface area (Å²) < 4.78 is 13.4. The molecule has 0 fully saturated rings. The summed E-state index contributed by atoms with van der Waals surface area (Å²) >= 11 is 0. The molecule has 1 unspecified atom stereocenters. The Kier molecular flexibility index (Phi) is 12.9. The van der Waals surface area contributed by atoms with Crippen molar-refractivity contribution in [2.75, 3.05) is 0 Å². The summed E-state index contributed by atoms with van der Waals surface area (Å²) in [5.41, 5.74) is 0.0341. The molecule has 2 amide bonds. The predicted octanol–water partition coefficient (Wildman–Crippen LogP) is 3.86. The molecule has 10 heteroatoms. The third-order valence-electron chi connectivity index (χ3n) is 7.50. The summed E-state index contributed by atoms with van der Waals surface area (Å²) in [6, 6.07) is 12.2. The van der Waals surface area contributed by atoms with E-state index in [9.17, 15) is 38.3 Å². The molecule has 43 heavy (non-hydrogen) atoms. The number of Topliss-reactive ketones (excluding diaryl/α,β-unsaturated/α-hetero) is 3. The minimum Gasteiger partial charge on any atom is -0.481 e. The van der Waals surface area contributed by atoms with Crippen molar-refractivity contribution in [1.29, 1.82) is 0 Å². The third kappa shape index (κ3) is 10.9. The van der Waals surface area contributed by atoms with Gasteiger partial charge in [0.05, 0.1) is 17.5 Å². The Hall–Kier alpha value is -4.21. The van der Waals surface area contributed by atoms with E-state index < -0.39 is 58.6 Å². The first-order chi connectivity index (χ1) is 20.1. The topological polar surface area (TPSA) is 147 Å². The number of carboxylic acids is 1. The summed E-state index contributed by atoms with van der Waals surface area (Å²) in [5, 5.41) is 14.4. The Morgan fingerprint density at radius 3 is 2.05 bits per heavy atom. The molecule has 3 N–H and O–H groups in total. The minimum atomic E-state index is -1.36. The van der Waals surface area contributed by atoms with Crippen LogP contribution in [0.1, 0.15) is 65.0 Å². The van der Waals surface area contributed by atoms with Gasteiger partial charge in [0.25, 0.3) is 5.91 Å². The largest absolute Gasteiger partial charge is 0.481 e. The molecule has 0 radical (unpaired) electrons. The van der Waals surface area contributed by atoms with E-state index in [-0.39, 0.29) is 37.4 Å². The van der Waals surface area contributed by atoms with Gasteiger partial charge in [-0.05, 0) is 56.4 Å². The summed E-state index contributed by atoms with van der Waals surface area (Å²) in [6.07, 6.45) is 0.195. The zero-order chi connectivity index (χ0) is 32.3. The van der Waals surface area contributed by atoms with Gasteiger partial charge in [-0.3, -0.25) is 28.8 Å². The lowest BCUT2D eigenvalue weighted by molar-refractivity contribution is -0.150. The summed E-state index contributed by atoms with van der Waals surface area (Å²) in [5.74, 6) is -6.33. The summed E-state index contributed by atoms with van der Waals surface area (Å²) in [4.78, 5) is 76.6. The van der Waals surface area contributed by atoms with Gasteiger partial charge < -0.3 is 15.7 Å². The van der Waals surface area contributed by atoms with Crippen LogP contribution in [0.4, 0.5) is 4.39 Å². The Bertz CT molecular complexity index is 1310. The highest BCUT2D eigenvalue weighted by molar-refractivity contribution is 6.38. The lowest BCUT2D eigenvalue weighted by Crippen LogP contribution is -2.53. The number of carboxylic acid groups (broad SMARTS) is 1. The lowest BCUT2D eigenvalue weighted by atomic mass is 9.82. The number of ketones is 3. The molecule has 0 aliphatic heterocycles. The fourth-order valence-corrected chi connectivity index (χ4v) is 4.54. The number of halogens is 1. The molecule has 2 aromatic rings. The molecule has 0 saturated carbocycles. The van der Waals surface area contributed by atoms with Crippen LogP contribution in [0.3, 0.4) is 0 Å². The maximum absolute atomic E-state index is 13.4. The Morgan fingerprint density at radius 2 is 1.49 bits per heavy atom. The first kappa shape index (κ1) is 35.0. The first-order valence-electron chi connectivity index (χ1n) is 14.4. The number of amides is 2. The van der Waals surface area contributed by atoms with E-state index in [2.05, 4.69) is 10.6 Å². The zero-order valence-corrected chi connectivity index (χ0v) is 25.3. The first-order valence-corrected chi connectivity index (χ1v) is 14.4. The normalized spacial score (nSPS) is 14.1. The van der Waals surface area contributed by atoms with Gasteiger partial charge in [-0.1, -0.05) is 62.7 Å². The van der Waals surface area contributed by atoms with Crippen molar-refractivity contribution in [3.8, 4) is 0 Å². The predicted molar refractivity (Wildman–Crippen MR) is 158 cm³/mol. The highest BCUT2D eigenvalue weighted by Crippen LogP contribution is 2.24. The van der Waals surface area contributed by atoms with E-state index >= 15 is 0 Å². The average Bonchev–Trinajstić information content (AvgIpc) is 2.95. The highest BCUT2D eigenvalue weighted by Gasteiger charge is 2.37. The number of hydrogen-bond acceptors (Lipinski definition) is 6. The molecule has 0 bridgehead atoms. The van der Waals surface area contributed by atoms with Gasteiger partial charge in [-0.2, -0.15) is 0 Å². The molecular formula is C33H41FN2O7. The SMILES string of the molecule is CC[C@H](C)[C@H](NC(=O)C(=O)C(C)NC(=O)[C@@H](CC(=O)Cc1ccccc1)Cc1ccc(F)cc1)C(=O)CC(C)(C)C(=O)O. The van der Waals surface area contributed by atoms with Crippen LogP contribution in [0.5, 0.6) is 0 Å². The molecule has 0 aromatic heterocycles. The third-order valence-corrected chi connectivity index (χ3v) is 7.50. The molecule has 232 valence electrons. The van der Waals surface area contributed by atoms with Crippen LogP contribution < -0.4 is 10.6 Å². The maximum Gasteiger partial charge on any atom is 0.309 e. The van der Waals surface area contributed by atoms with Crippen molar-refractivity contribution in [1.82, 2.24) is 10.6 Å². The van der Waals surface area contributed by atoms with E-state index in [1.54, 1.807) is 38.1 Å². The zero-order valence-electron chi connectivity index (χ0n) is 25.3. The van der Waals surface area contributed by atoms with Gasteiger partial charge in [0.15, 0.2) is 5.78 Å². The van der Waals surface area contributed by atoms with Crippen LogP contribution in [0.25, 0.3) is 0 Å². The Morgan fingerprint density at radius 1 is 0.884 bits per heavy atom. The maximum atomic E-state index is 13.4. The van der Waals surface area contributed by atoms with E-state index in [0.29, 0.717) is 12.0 Å². The number of nitrogens with one attached hydrogen (secondary N) is 2. The van der Waals surface area contributed by atoms with Crippen molar-refractivity contribution in [2.24, 2.45) is 17.3 Å². The standard InChI is InChI=1S/C33H41FN2O7/c1-6-20(2)28(27(38)19-33(4,5)32(42)43)36-31(41)29(39)21(3)35-30(40)24(16-23-12-14-25(34)15-13-23)18-26(37)17-22-10-8-7-9-11-22/h7-15,20-21,24,28H,6,16-19H2,1-5H3,(H,35,40)(H,36,41)(H,42,43)/t20-,21?,24+,28-/m0/s1. The second-order valence-electron chi connectivity index (χ2n) is 11.7. The lowest BCUT2D eigenvalue weighted by Gasteiger charge is -2.27. The smallest absolute Gasteiger partial charge is 0.309 e. The molecule has 0 aliphatic carbocycles. The molecule has 9 nitrogen and oxygen atoms in total. The molecule has 2 rings (SSSR count). The van der Waals surface area contributed by atoms with Crippen LogP contribution in [-0.2, 0) is 41.6 Å². The molecule has 0 spiro atoms. The van der Waals surface area contributed by atoms with Gasteiger partial charge >= 0.3 is 5.97 Å². The van der Waals surface area contributed by atoms with E-state index in [1.807, 2.05) is 6.07 Å². The summed E-state index contributed by atoms with van der Waals surface area (Å²) in [7, 11) is 0.